The van der Waals surface area contributed by atoms with Crippen LogP contribution in [0.5, 0.6) is 0 Å². The SMILES string of the molecule is CCCCCCc1ccc(CCC2CCC(CCC3CCC(CCCC)CC3)CC2)nc1. The van der Waals surface area contributed by atoms with Gasteiger partial charge in [-0.25, -0.2) is 0 Å². The van der Waals surface area contributed by atoms with Crippen molar-refractivity contribution in [2.45, 2.75) is 142 Å². The molecule has 0 aromatic carbocycles. The molecule has 1 heterocycles. The summed E-state index contributed by atoms with van der Waals surface area (Å²) in [6.45, 7) is 4.62. The molecule has 2 saturated carbocycles. The fourth-order valence-electron chi connectivity index (χ4n) is 6.44. The first kappa shape index (κ1) is 25.8. The van der Waals surface area contributed by atoms with Gasteiger partial charge in [-0.15, -0.1) is 0 Å². The van der Waals surface area contributed by atoms with Crippen LogP contribution < -0.4 is 0 Å². The van der Waals surface area contributed by atoms with Crippen molar-refractivity contribution in [3.63, 3.8) is 0 Å². The van der Waals surface area contributed by atoms with Crippen LogP contribution in [0.4, 0.5) is 0 Å². The second-order valence-corrected chi connectivity index (χ2v) is 11.5. The van der Waals surface area contributed by atoms with Gasteiger partial charge in [0, 0.05) is 11.9 Å². The predicted octanol–water partition coefficient (Wildman–Crippen LogP) is 9.72. The Balaban J connectivity index is 1.24. The highest BCUT2D eigenvalue weighted by Crippen LogP contribution is 2.38. The lowest BCUT2D eigenvalue weighted by atomic mass is 9.74. The Hall–Kier alpha value is -0.850. The molecule has 0 N–H and O–H groups in total. The highest BCUT2D eigenvalue weighted by molar-refractivity contribution is 5.14. The first-order valence-electron chi connectivity index (χ1n) is 14.7. The van der Waals surface area contributed by atoms with Gasteiger partial charge in [-0.1, -0.05) is 123 Å². The van der Waals surface area contributed by atoms with E-state index in [9.17, 15) is 0 Å². The molecule has 0 aliphatic heterocycles. The summed E-state index contributed by atoms with van der Waals surface area (Å²) in [7, 11) is 0. The molecule has 0 bridgehead atoms. The molecule has 2 fully saturated rings. The summed E-state index contributed by atoms with van der Waals surface area (Å²) in [5.74, 6) is 4.12. The summed E-state index contributed by atoms with van der Waals surface area (Å²) in [6, 6.07) is 4.64. The fraction of sp³-hybridized carbons (Fsp3) is 0.839. The zero-order valence-corrected chi connectivity index (χ0v) is 21.6. The van der Waals surface area contributed by atoms with Gasteiger partial charge in [-0.3, -0.25) is 4.98 Å². The monoisotopic (exact) mass is 439 g/mol. The number of unbranched alkanes of at least 4 members (excludes halogenated alkanes) is 4. The van der Waals surface area contributed by atoms with Gasteiger partial charge in [-0.2, -0.15) is 0 Å². The summed E-state index contributed by atoms with van der Waals surface area (Å²) >= 11 is 0. The highest BCUT2D eigenvalue weighted by Gasteiger charge is 2.24. The molecular weight excluding hydrogens is 386 g/mol. The molecular formula is C31H53N. The predicted molar refractivity (Wildman–Crippen MR) is 140 cm³/mol. The number of nitrogens with zero attached hydrogens (tertiary/aromatic N) is 1. The van der Waals surface area contributed by atoms with E-state index < -0.39 is 0 Å². The molecule has 0 radical (unpaired) electrons. The number of aromatic nitrogens is 1. The van der Waals surface area contributed by atoms with E-state index in [-0.39, 0.29) is 0 Å². The average Bonchev–Trinajstić information content (AvgIpc) is 2.85. The van der Waals surface area contributed by atoms with Crippen molar-refractivity contribution in [1.82, 2.24) is 4.98 Å². The zero-order valence-electron chi connectivity index (χ0n) is 21.6. The molecule has 1 aromatic heterocycles. The third-order valence-electron chi connectivity index (χ3n) is 8.90. The average molecular weight is 440 g/mol. The van der Waals surface area contributed by atoms with Crippen molar-refractivity contribution in [3.8, 4) is 0 Å². The standard InChI is InChI=1S/C31H53N/c1-3-5-7-8-10-30-22-24-31(32-25-30)23-21-29-19-17-28(18-20-29)16-15-27-13-11-26(12-14-27)9-6-4-2/h22,24-29H,3-21,23H2,1-2H3. The van der Waals surface area contributed by atoms with Crippen molar-refractivity contribution in [3.05, 3.63) is 29.6 Å². The molecule has 0 unspecified atom stereocenters. The van der Waals surface area contributed by atoms with Gasteiger partial charge >= 0.3 is 0 Å². The largest absolute Gasteiger partial charge is 0.261 e. The van der Waals surface area contributed by atoms with Gasteiger partial charge < -0.3 is 0 Å². The second kappa shape index (κ2) is 15.1. The van der Waals surface area contributed by atoms with Crippen LogP contribution in [0.2, 0.25) is 0 Å². The van der Waals surface area contributed by atoms with Crippen molar-refractivity contribution >= 4 is 0 Å². The maximum absolute atomic E-state index is 4.78. The number of pyridine rings is 1. The topological polar surface area (TPSA) is 12.9 Å². The minimum Gasteiger partial charge on any atom is -0.261 e. The van der Waals surface area contributed by atoms with Gasteiger partial charge in [0.25, 0.3) is 0 Å². The fourth-order valence-corrected chi connectivity index (χ4v) is 6.44. The van der Waals surface area contributed by atoms with Gasteiger partial charge in [0.2, 0.25) is 0 Å². The van der Waals surface area contributed by atoms with Gasteiger partial charge in [0.15, 0.2) is 0 Å². The van der Waals surface area contributed by atoms with E-state index in [1.54, 1.807) is 0 Å². The van der Waals surface area contributed by atoms with E-state index >= 15 is 0 Å². The second-order valence-electron chi connectivity index (χ2n) is 11.5. The van der Waals surface area contributed by atoms with Crippen LogP contribution >= 0.6 is 0 Å². The zero-order chi connectivity index (χ0) is 22.4. The Kier molecular flexibility index (Phi) is 12.2. The quantitative estimate of drug-likeness (QED) is 0.263. The van der Waals surface area contributed by atoms with Gasteiger partial charge in [0.05, 0.1) is 0 Å². The van der Waals surface area contributed by atoms with Crippen molar-refractivity contribution in [1.29, 1.82) is 0 Å². The lowest BCUT2D eigenvalue weighted by Gasteiger charge is -2.32. The summed E-state index contributed by atoms with van der Waals surface area (Å²) in [4.78, 5) is 4.78. The Morgan fingerprint density at radius 2 is 1.16 bits per heavy atom. The van der Waals surface area contributed by atoms with Crippen LogP contribution in [0, 0.1) is 23.7 Å². The van der Waals surface area contributed by atoms with Crippen LogP contribution in [0.3, 0.4) is 0 Å². The first-order chi connectivity index (χ1) is 15.8. The van der Waals surface area contributed by atoms with E-state index in [1.165, 1.54) is 140 Å². The van der Waals surface area contributed by atoms with Crippen LogP contribution in [0.25, 0.3) is 0 Å². The van der Waals surface area contributed by atoms with Crippen molar-refractivity contribution in [2.24, 2.45) is 23.7 Å². The van der Waals surface area contributed by atoms with E-state index in [1.807, 2.05) is 0 Å². The maximum Gasteiger partial charge on any atom is 0.0403 e. The Morgan fingerprint density at radius 3 is 1.69 bits per heavy atom. The highest BCUT2D eigenvalue weighted by atomic mass is 14.7. The van der Waals surface area contributed by atoms with Gasteiger partial charge in [0.1, 0.15) is 0 Å². The third-order valence-corrected chi connectivity index (χ3v) is 8.90. The minimum absolute atomic E-state index is 0.954. The Labute approximate surface area is 200 Å². The van der Waals surface area contributed by atoms with Crippen LogP contribution in [-0.2, 0) is 12.8 Å². The smallest absolute Gasteiger partial charge is 0.0403 e. The molecule has 0 atom stereocenters. The summed E-state index contributed by atoms with van der Waals surface area (Å²) in [5, 5.41) is 0. The molecule has 1 heteroatoms. The Morgan fingerprint density at radius 1 is 0.594 bits per heavy atom. The minimum atomic E-state index is 0.954. The number of hydrogen-bond acceptors (Lipinski definition) is 1. The van der Waals surface area contributed by atoms with E-state index in [4.69, 9.17) is 4.98 Å². The van der Waals surface area contributed by atoms with Crippen LogP contribution in [-0.4, -0.2) is 4.98 Å². The lowest BCUT2D eigenvalue weighted by Crippen LogP contribution is -2.18. The van der Waals surface area contributed by atoms with Crippen LogP contribution in [0.1, 0.15) is 141 Å². The molecule has 32 heavy (non-hydrogen) atoms. The third kappa shape index (κ3) is 9.56. The molecule has 1 nitrogen and oxygen atoms in total. The molecule has 3 rings (SSSR count). The van der Waals surface area contributed by atoms with Gasteiger partial charge in [-0.05, 0) is 61.0 Å². The first-order valence-corrected chi connectivity index (χ1v) is 14.7. The van der Waals surface area contributed by atoms with Crippen molar-refractivity contribution in [2.75, 3.05) is 0 Å². The molecule has 182 valence electrons. The summed E-state index contributed by atoms with van der Waals surface area (Å²) in [5.41, 5.74) is 2.75. The molecule has 2 aliphatic carbocycles. The van der Waals surface area contributed by atoms with Crippen molar-refractivity contribution < 1.29 is 0 Å². The van der Waals surface area contributed by atoms with E-state index in [2.05, 4.69) is 32.2 Å². The molecule has 0 saturated heterocycles. The summed E-state index contributed by atoms with van der Waals surface area (Å²) in [6.07, 6.45) is 30.8. The normalized spacial score (nSPS) is 26.3. The molecule has 0 spiro atoms. The molecule has 0 amide bonds. The molecule has 1 aromatic rings. The molecule has 2 aliphatic rings. The summed E-state index contributed by atoms with van der Waals surface area (Å²) < 4.78 is 0. The number of rotatable bonds is 14. The Bertz CT molecular complexity index is 575. The number of aryl methyl sites for hydroxylation is 2. The number of hydrogen-bond donors (Lipinski definition) is 0. The maximum atomic E-state index is 4.78. The van der Waals surface area contributed by atoms with Crippen LogP contribution in [0.15, 0.2) is 18.3 Å². The van der Waals surface area contributed by atoms with E-state index in [0.29, 0.717) is 0 Å². The van der Waals surface area contributed by atoms with E-state index in [0.717, 1.165) is 23.7 Å². The lowest BCUT2D eigenvalue weighted by molar-refractivity contribution is 0.208.